The summed E-state index contributed by atoms with van der Waals surface area (Å²) in [5.74, 6) is -0.412. The molecule has 0 saturated carbocycles. The van der Waals surface area contributed by atoms with E-state index in [9.17, 15) is 4.39 Å². The van der Waals surface area contributed by atoms with Gasteiger partial charge in [0, 0.05) is 17.1 Å². The number of nitrogens with two attached hydrogens (primary N) is 1. The van der Waals surface area contributed by atoms with Gasteiger partial charge in [-0.05, 0) is 18.2 Å². The minimum absolute atomic E-state index is 0.401. The summed E-state index contributed by atoms with van der Waals surface area (Å²) in [5, 5.41) is 1.04. The van der Waals surface area contributed by atoms with Crippen molar-refractivity contribution in [2.45, 2.75) is 6.04 Å². The first-order valence-corrected chi connectivity index (χ1v) is 5.96. The molecule has 3 aromatic rings. The van der Waals surface area contributed by atoms with Crippen molar-refractivity contribution in [2.75, 3.05) is 0 Å². The van der Waals surface area contributed by atoms with Gasteiger partial charge in [-0.15, -0.1) is 0 Å². The molecule has 0 aliphatic heterocycles. The van der Waals surface area contributed by atoms with Gasteiger partial charge < -0.3 is 5.73 Å². The zero-order valence-electron chi connectivity index (χ0n) is 10.1. The van der Waals surface area contributed by atoms with Gasteiger partial charge in [0.1, 0.15) is 5.82 Å². The maximum absolute atomic E-state index is 13.7. The van der Waals surface area contributed by atoms with E-state index in [-0.39, 0.29) is 0 Å². The summed E-state index contributed by atoms with van der Waals surface area (Å²) >= 11 is 0. The summed E-state index contributed by atoms with van der Waals surface area (Å²) in [7, 11) is 0. The highest BCUT2D eigenvalue weighted by Gasteiger charge is 2.14. The first-order chi connectivity index (χ1) is 9.25. The van der Waals surface area contributed by atoms with Crippen LogP contribution in [0.15, 0.2) is 54.9 Å². The SMILES string of the molecule is NC(c1ccc2ccccc2n1)c1ccncc1F. The maximum Gasteiger partial charge on any atom is 0.146 e. The smallest absolute Gasteiger partial charge is 0.146 e. The number of hydrogen-bond donors (Lipinski definition) is 1. The number of benzene rings is 1. The molecule has 3 nitrogen and oxygen atoms in total. The van der Waals surface area contributed by atoms with Crippen LogP contribution < -0.4 is 5.73 Å². The number of para-hydroxylation sites is 1. The van der Waals surface area contributed by atoms with E-state index in [0.717, 1.165) is 17.1 Å². The lowest BCUT2D eigenvalue weighted by Crippen LogP contribution is -2.15. The van der Waals surface area contributed by atoms with Crippen molar-refractivity contribution in [2.24, 2.45) is 5.73 Å². The zero-order valence-corrected chi connectivity index (χ0v) is 10.1. The molecule has 0 spiro atoms. The molecular weight excluding hydrogens is 241 g/mol. The van der Waals surface area contributed by atoms with Crippen molar-refractivity contribution < 1.29 is 4.39 Å². The van der Waals surface area contributed by atoms with E-state index in [1.54, 1.807) is 6.07 Å². The molecule has 1 unspecified atom stereocenters. The van der Waals surface area contributed by atoms with Crippen LogP contribution in [0, 0.1) is 5.82 Å². The molecule has 0 bridgehead atoms. The highest BCUT2D eigenvalue weighted by molar-refractivity contribution is 5.78. The van der Waals surface area contributed by atoms with Crippen LogP contribution >= 0.6 is 0 Å². The number of fused-ring (bicyclic) bond motifs is 1. The Balaban J connectivity index is 2.07. The van der Waals surface area contributed by atoms with Gasteiger partial charge in [-0.2, -0.15) is 0 Å². The number of pyridine rings is 2. The van der Waals surface area contributed by atoms with Gasteiger partial charge in [-0.3, -0.25) is 9.97 Å². The molecule has 2 N–H and O–H groups in total. The molecule has 3 rings (SSSR count). The van der Waals surface area contributed by atoms with E-state index >= 15 is 0 Å². The second-order valence-electron chi connectivity index (χ2n) is 4.30. The van der Waals surface area contributed by atoms with E-state index in [1.165, 1.54) is 6.20 Å². The lowest BCUT2D eigenvalue weighted by molar-refractivity contribution is 0.591. The molecule has 1 aromatic carbocycles. The Morgan fingerprint density at radius 3 is 2.74 bits per heavy atom. The number of nitrogens with zero attached hydrogens (tertiary/aromatic N) is 2. The fourth-order valence-electron chi connectivity index (χ4n) is 2.05. The van der Waals surface area contributed by atoms with E-state index in [0.29, 0.717) is 11.3 Å². The van der Waals surface area contributed by atoms with Crippen LogP contribution in [0.5, 0.6) is 0 Å². The lowest BCUT2D eigenvalue weighted by atomic mass is 10.0. The predicted molar refractivity (Wildman–Crippen MR) is 72.0 cm³/mol. The summed E-state index contributed by atoms with van der Waals surface area (Å²) < 4.78 is 13.7. The van der Waals surface area contributed by atoms with Crippen molar-refractivity contribution >= 4 is 10.9 Å². The quantitative estimate of drug-likeness (QED) is 0.764. The van der Waals surface area contributed by atoms with Gasteiger partial charge in [-0.1, -0.05) is 24.3 Å². The number of aromatic nitrogens is 2. The standard InChI is InChI=1S/C15H12FN3/c16-12-9-18-8-7-11(12)15(17)14-6-5-10-3-1-2-4-13(10)19-14/h1-9,15H,17H2. The number of hydrogen-bond acceptors (Lipinski definition) is 3. The van der Waals surface area contributed by atoms with Crippen LogP contribution in [-0.4, -0.2) is 9.97 Å². The summed E-state index contributed by atoms with van der Waals surface area (Å²) in [4.78, 5) is 8.20. The van der Waals surface area contributed by atoms with E-state index in [2.05, 4.69) is 9.97 Å². The molecule has 0 aliphatic carbocycles. The topological polar surface area (TPSA) is 51.8 Å². The van der Waals surface area contributed by atoms with Crippen LogP contribution in [0.1, 0.15) is 17.3 Å². The molecule has 2 aromatic heterocycles. The third-order valence-electron chi connectivity index (χ3n) is 3.08. The van der Waals surface area contributed by atoms with Crippen LogP contribution in [0.3, 0.4) is 0 Å². The average molecular weight is 253 g/mol. The van der Waals surface area contributed by atoms with Gasteiger partial charge in [-0.25, -0.2) is 4.39 Å². The Hall–Kier alpha value is -2.33. The molecule has 4 heteroatoms. The van der Waals surface area contributed by atoms with Crippen molar-refractivity contribution in [3.05, 3.63) is 71.9 Å². The molecule has 0 radical (unpaired) electrons. The summed E-state index contributed by atoms with van der Waals surface area (Å²) in [6.45, 7) is 0. The largest absolute Gasteiger partial charge is 0.319 e. The Labute approximate surface area is 109 Å². The van der Waals surface area contributed by atoms with Gasteiger partial charge in [0.2, 0.25) is 0 Å². The summed E-state index contributed by atoms with van der Waals surface area (Å²) in [6, 6.07) is 12.5. The molecule has 19 heavy (non-hydrogen) atoms. The number of halogens is 1. The zero-order chi connectivity index (χ0) is 13.2. The van der Waals surface area contributed by atoms with E-state index in [1.807, 2.05) is 36.4 Å². The van der Waals surface area contributed by atoms with Crippen molar-refractivity contribution in [1.82, 2.24) is 9.97 Å². The van der Waals surface area contributed by atoms with Crippen LogP contribution in [-0.2, 0) is 0 Å². The average Bonchev–Trinajstić information content (AvgIpc) is 2.46. The van der Waals surface area contributed by atoms with E-state index in [4.69, 9.17) is 5.73 Å². The second kappa shape index (κ2) is 4.74. The maximum atomic E-state index is 13.7. The minimum atomic E-state index is -0.590. The molecule has 0 fully saturated rings. The lowest BCUT2D eigenvalue weighted by Gasteiger charge is -2.12. The van der Waals surface area contributed by atoms with Crippen LogP contribution in [0.25, 0.3) is 10.9 Å². The molecule has 0 aliphatic rings. The molecular formula is C15H12FN3. The van der Waals surface area contributed by atoms with Crippen molar-refractivity contribution in [3.63, 3.8) is 0 Å². The highest BCUT2D eigenvalue weighted by Crippen LogP contribution is 2.22. The van der Waals surface area contributed by atoms with E-state index < -0.39 is 11.9 Å². The third kappa shape index (κ3) is 2.18. The Bertz CT molecular complexity index is 727. The highest BCUT2D eigenvalue weighted by atomic mass is 19.1. The van der Waals surface area contributed by atoms with Gasteiger partial charge in [0.15, 0.2) is 0 Å². The Morgan fingerprint density at radius 1 is 1.05 bits per heavy atom. The summed E-state index contributed by atoms with van der Waals surface area (Å²) in [5.41, 5.74) is 7.97. The Morgan fingerprint density at radius 2 is 1.89 bits per heavy atom. The molecule has 2 heterocycles. The third-order valence-corrected chi connectivity index (χ3v) is 3.08. The Kier molecular flexibility index (Phi) is 2.93. The fraction of sp³-hybridized carbons (Fsp3) is 0.0667. The first-order valence-electron chi connectivity index (χ1n) is 5.96. The molecule has 1 atom stereocenters. The number of rotatable bonds is 2. The summed E-state index contributed by atoms with van der Waals surface area (Å²) in [6.07, 6.45) is 2.69. The first kappa shape index (κ1) is 11.7. The van der Waals surface area contributed by atoms with Gasteiger partial charge >= 0.3 is 0 Å². The van der Waals surface area contributed by atoms with Crippen LogP contribution in [0.4, 0.5) is 4.39 Å². The molecule has 94 valence electrons. The normalized spacial score (nSPS) is 12.5. The second-order valence-corrected chi connectivity index (χ2v) is 4.30. The van der Waals surface area contributed by atoms with Gasteiger partial charge in [0.25, 0.3) is 0 Å². The fourth-order valence-corrected chi connectivity index (χ4v) is 2.05. The van der Waals surface area contributed by atoms with Crippen LogP contribution in [0.2, 0.25) is 0 Å². The minimum Gasteiger partial charge on any atom is -0.319 e. The molecule has 0 saturated heterocycles. The van der Waals surface area contributed by atoms with Gasteiger partial charge in [0.05, 0.1) is 23.4 Å². The predicted octanol–water partition coefficient (Wildman–Crippen LogP) is 2.82. The van der Waals surface area contributed by atoms with Crippen molar-refractivity contribution in [3.8, 4) is 0 Å². The van der Waals surface area contributed by atoms with Crippen molar-refractivity contribution in [1.29, 1.82) is 0 Å². The molecule has 0 amide bonds. The monoisotopic (exact) mass is 253 g/mol.